The fourth-order valence-corrected chi connectivity index (χ4v) is 4.06. The van der Waals surface area contributed by atoms with Gasteiger partial charge in [-0.15, -0.1) is 10.2 Å². The van der Waals surface area contributed by atoms with Crippen molar-refractivity contribution in [3.8, 4) is 17.0 Å². The van der Waals surface area contributed by atoms with Gasteiger partial charge in [-0.2, -0.15) is 0 Å². The molecule has 3 aromatic rings. The minimum atomic E-state index is -0.117. The molecule has 1 aromatic heterocycles. The van der Waals surface area contributed by atoms with Crippen molar-refractivity contribution < 1.29 is 9.53 Å². The van der Waals surface area contributed by atoms with Crippen molar-refractivity contribution in [3.05, 3.63) is 65.2 Å². The predicted octanol–water partition coefficient (Wildman–Crippen LogP) is 4.82. The van der Waals surface area contributed by atoms with Gasteiger partial charge in [0.2, 0.25) is 0 Å². The third-order valence-electron chi connectivity index (χ3n) is 6.09. The highest BCUT2D eigenvalue weighted by Crippen LogP contribution is 2.26. The summed E-state index contributed by atoms with van der Waals surface area (Å²) >= 11 is 0. The normalized spacial score (nSPS) is 13.7. The van der Waals surface area contributed by atoms with Crippen LogP contribution in [0.25, 0.3) is 11.3 Å². The molecule has 0 aliphatic carbocycles. The molecule has 0 atom stereocenters. The SMILES string of the molecule is CCOc1ccccc1NC(=O)N1CCN(c2ccc(-c3cc(C)c(C)cc3C)nn2)CC1. The molecule has 2 heterocycles. The van der Waals surface area contributed by atoms with Crippen LogP contribution in [0.2, 0.25) is 0 Å². The Morgan fingerprint density at radius 3 is 2.36 bits per heavy atom. The molecule has 1 N–H and O–H groups in total. The summed E-state index contributed by atoms with van der Waals surface area (Å²) in [5, 5.41) is 12.0. The number of nitrogens with one attached hydrogen (secondary N) is 1. The van der Waals surface area contributed by atoms with E-state index in [1.54, 1.807) is 0 Å². The number of rotatable bonds is 5. The number of anilines is 2. The van der Waals surface area contributed by atoms with E-state index in [4.69, 9.17) is 4.74 Å². The summed E-state index contributed by atoms with van der Waals surface area (Å²) in [5.41, 5.74) is 6.42. The highest BCUT2D eigenvalue weighted by Gasteiger charge is 2.23. The number of ether oxygens (including phenoxy) is 1. The lowest BCUT2D eigenvalue weighted by molar-refractivity contribution is 0.208. The van der Waals surface area contributed by atoms with E-state index in [1.165, 1.54) is 16.7 Å². The molecule has 33 heavy (non-hydrogen) atoms. The maximum atomic E-state index is 12.8. The fraction of sp³-hybridized carbons (Fsp3) is 0.346. The Morgan fingerprint density at radius 2 is 1.67 bits per heavy atom. The average Bonchev–Trinajstić information content (AvgIpc) is 2.83. The average molecular weight is 446 g/mol. The van der Waals surface area contributed by atoms with E-state index >= 15 is 0 Å². The van der Waals surface area contributed by atoms with E-state index in [1.807, 2.05) is 48.2 Å². The number of amides is 2. The molecule has 4 rings (SSSR count). The lowest BCUT2D eigenvalue weighted by Crippen LogP contribution is -2.50. The standard InChI is InChI=1S/C26H31N5O2/c1-5-33-24-9-7-6-8-23(24)27-26(32)31-14-12-30(13-15-31)25-11-10-22(28-29-25)21-17-19(3)18(2)16-20(21)4/h6-11,16-17H,5,12-15H2,1-4H3,(H,27,32). The van der Waals surface area contributed by atoms with Crippen LogP contribution in [0.5, 0.6) is 5.75 Å². The highest BCUT2D eigenvalue weighted by molar-refractivity contribution is 5.91. The van der Waals surface area contributed by atoms with Crippen LogP contribution in [0.4, 0.5) is 16.3 Å². The number of hydrogen-bond donors (Lipinski definition) is 1. The molecule has 0 spiro atoms. The monoisotopic (exact) mass is 445 g/mol. The number of piperazine rings is 1. The zero-order valence-electron chi connectivity index (χ0n) is 19.8. The zero-order chi connectivity index (χ0) is 23.4. The van der Waals surface area contributed by atoms with Crippen LogP contribution in [0, 0.1) is 20.8 Å². The second kappa shape index (κ2) is 9.90. The van der Waals surface area contributed by atoms with Gasteiger partial charge in [-0.1, -0.05) is 18.2 Å². The number of urea groups is 1. The van der Waals surface area contributed by atoms with Crippen molar-refractivity contribution in [2.45, 2.75) is 27.7 Å². The summed E-state index contributed by atoms with van der Waals surface area (Å²) < 4.78 is 5.60. The van der Waals surface area contributed by atoms with Crippen molar-refractivity contribution in [1.82, 2.24) is 15.1 Å². The number of carbonyl (C=O) groups is 1. The third-order valence-corrected chi connectivity index (χ3v) is 6.09. The first-order valence-electron chi connectivity index (χ1n) is 11.4. The van der Waals surface area contributed by atoms with Crippen molar-refractivity contribution in [2.24, 2.45) is 0 Å². The summed E-state index contributed by atoms with van der Waals surface area (Å²) in [5.74, 6) is 1.52. The molecular formula is C26H31N5O2. The fourth-order valence-electron chi connectivity index (χ4n) is 4.06. The topological polar surface area (TPSA) is 70.6 Å². The second-order valence-corrected chi connectivity index (χ2v) is 8.36. The molecule has 1 aliphatic rings. The van der Waals surface area contributed by atoms with Gasteiger partial charge in [0.25, 0.3) is 0 Å². The molecule has 0 unspecified atom stereocenters. The van der Waals surface area contributed by atoms with Crippen LogP contribution >= 0.6 is 0 Å². The van der Waals surface area contributed by atoms with E-state index in [9.17, 15) is 4.79 Å². The first-order chi connectivity index (χ1) is 16.0. The van der Waals surface area contributed by atoms with Gasteiger partial charge < -0.3 is 19.9 Å². The first-order valence-corrected chi connectivity index (χ1v) is 11.4. The van der Waals surface area contributed by atoms with E-state index in [2.05, 4.69) is 53.3 Å². The van der Waals surface area contributed by atoms with Gasteiger partial charge in [0, 0.05) is 31.7 Å². The van der Waals surface area contributed by atoms with Crippen molar-refractivity contribution in [1.29, 1.82) is 0 Å². The molecule has 0 saturated carbocycles. The largest absolute Gasteiger partial charge is 0.492 e. The van der Waals surface area contributed by atoms with Crippen molar-refractivity contribution in [2.75, 3.05) is 43.0 Å². The van der Waals surface area contributed by atoms with E-state index < -0.39 is 0 Å². The zero-order valence-corrected chi connectivity index (χ0v) is 19.8. The number of hydrogen-bond acceptors (Lipinski definition) is 5. The van der Waals surface area contributed by atoms with Crippen LogP contribution in [-0.4, -0.2) is 53.9 Å². The number of aromatic nitrogens is 2. The second-order valence-electron chi connectivity index (χ2n) is 8.36. The molecular weight excluding hydrogens is 414 g/mol. The first kappa shape index (κ1) is 22.6. The van der Waals surface area contributed by atoms with Crippen LogP contribution in [0.15, 0.2) is 48.5 Å². The Kier molecular flexibility index (Phi) is 6.77. The minimum Gasteiger partial charge on any atom is -0.492 e. The van der Waals surface area contributed by atoms with Crippen LogP contribution in [0.3, 0.4) is 0 Å². The molecule has 1 aliphatic heterocycles. The Hall–Kier alpha value is -3.61. The summed E-state index contributed by atoms with van der Waals surface area (Å²) in [6.07, 6.45) is 0. The van der Waals surface area contributed by atoms with Crippen molar-refractivity contribution in [3.63, 3.8) is 0 Å². The van der Waals surface area contributed by atoms with Gasteiger partial charge in [-0.05, 0) is 74.7 Å². The van der Waals surface area contributed by atoms with Gasteiger partial charge in [0.15, 0.2) is 5.82 Å². The van der Waals surface area contributed by atoms with Crippen molar-refractivity contribution >= 4 is 17.5 Å². The van der Waals surface area contributed by atoms with Crippen LogP contribution < -0.4 is 15.0 Å². The Bertz CT molecular complexity index is 1120. The summed E-state index contributed by atoms with van der Waals surface area (Å²) in [6.45, 7) is 11.5. The van der Waals surface area contributed by atoms with E-state index in [-0.39, 0.29) is 6.03 Å². The molecule has 0 radical (unpaired) electrons. The van der Waals surface area contributed by atoms with Gasteiger partial charge in [0.05, 0.1) is 18.0 Å². The van der Waals surface area contributed by atoms with Gasteiger partial charge >= 0.3 is 6.03 Å². The number of benzene rings is 2. The summed E-state index contributed by atoms with van der Waals surface area (Å²) in [6, 6.07) is 15.8. The molecule has 1 saturated heterocycles. The Balaban J connectivity index is 1.37. The lowest BCUT2D eigenvalue weighted by Gasteiger charge is -2.35. The lowest BCUT2D eigenvalue weighted by atomic mass is 9.99. The molecule has 2 aromatic carbocycles. The molecule has 1 fully saturated rings. The maximum absolute atomic E-state index is 12.8. The summed E-state index contributed by atoms with van der Waals surface area (Å²) in [7, 11) is 0. The predicted molar refractivity (Wildman–Crippen MR) is 132 cm³/mol. The van der Waals surface area contributed by atoms with E-state index in [0.717, 1.165) is 17.1 Å². The van der Waals surface area contributed by atoms with Gasteiger partial charge in [-0.25, -0.2) is 4.79 Å². The van der Waals surface area contributed by atoms with Gasteiger partial charge in [0.1, 0.15) is 5.75 Å². The van der Waals surface area contributed by atoms with E-state index in [0.29, 0.717) is 44.2 Å². The molecule has 172 valence electrons. The number of carbonyl (C=O) groups excluding carboxylic acids is 1. The Labute approximate surface area is 195 Å². The van der Waals surface area contributed by atoms with Crippen LogP contribution in [0.1, 0.15) is 23.6 Å². The molecule has 7 nitrogen and oxygen atoms in total. The maximum Gasteiger partial charge on any atom is 0.322 e. The molecule has 2 amide bonds. The molecule has 0 bridgehead atoms. The Morgan fingerprint density at radius 1 is 0.939 bits per heavy atom. The molecule has 7 heteroatoms. The summed E-state index contributed by atoms with van der Waals surface area (Å²) in [4.78, 5) is 16.8. The third kappa shape index (κ3) is 5.08. The number of nitrogens with zero attached hydrogens (tertiary/aromatic N) is 4. The number of aryl methyl sites for hydroxylation is 3. The van der Waals surface area contributed by atoms with Gasteiger partial charge in [-0.3, -0.25) is 0 Å². The number of para-hydroxylation sites is 2. The smallest absolute Gasteiger partial charge is 0.322 e. The van der Waals surface area contributed by atoms with Crippen LogP contribution in [-0.2, 0) is 0 Å². The minimum absolute atomic E-state index is 0.117. The highest BCUT2D eigenvalue weighted by atomic mass is 16.5. The quantitative estimate of drug-likeness (QED) is 0.610.